The minimum atomic E-state index is -0.673. The second-order valence-electron chi connectivity index (χ2n) is 4.38. The molecule has 0 aromatic heterocycles. The molecule has 0 aliphatic heterocycles. The second kappa shape index (κ2) is 2.84. The Morgan fingerprint density at radius 2 is 2.00 bits per heavy atom. The first-order valence-corrected chi connectivity index (χ1v) is 4.84. The quantitative estimate of drug-likeness (QED) is 0.777. The Labute approximate surface area is 83.6 Å². The molecule has 0 amide bonds. The first kappa shape index (κ1) is 9.25. The van der Waals surface area contributed by atoms with Crippen LogP contribution in [-0.4, -0.2) is 11.1 Å². The molecule has 0 heterocycles. The Bertz CT molecular complexity index is 366. The summed E-state index contributed by atoms with van der Waals surface area (Å²) in [7, 11) is 0. The Morgan fingerprint density at radius 1 is 1.43 bits per heavy atom. The zero-order valence-electron chi connectivity index (χ0n) is 8.45. The van der Waals surface area contributed by atoms with Crippen molar-refractivity contribution in [3.05, 3.63) is 35.4 Å². The van der Waals surface area contributed by atoms with Crippen molar-refractivity contribution in [2.24, 2.45) is 5.92 Å². The lowest BCUT2D eigenvalue weighted by Crippen LogP contribution is -2.10. The number of hydrogen-bond donors (Lipinski definition) is 1. The van der Waals surface area contributed by atoms with Crippen molar-refractivity contribution >= 4 is 5.97 Å². The van der Waals surface area contributed by atoms with Crippen molar-refractivity contribution in [2.45, 2.75) is 25.7 Å². The molecule has 74 valence electrons. The van der Waals surface area contributed by atoms with E-state index in [9.17, 15) is 4.79 Å². The fourth-order valence-corrected chi connectivity index (χ4v) is 1.98. The number of aliphatic carboxylic acids is 1. The number of carboxylic acid groups (broad SMARTS) is 1. The molecule has 0 spiro atoms. The summed E-state index contributed by atoms with van der Waals surface area (Å²) >= 11 is 0. The lowest BCUT2D eigenvalue weighted by molar-refractivity contribution is -0.138. The molecular weight excluding hydrogens is 176 g/mol. The van der Waals surface area contributed by atoms with Gasteiger partial charge in [-0.2, -0.15) is 0 Å². The summed E-state index contributed by atoms with van der Waals surface area (Å²) in [5, 5.41) is 8.90. The molecule has 2 unspecified atom stereocenters. The average Bonchev–Trinajstić information content (AvgIpc) is 2.80. The van der Waals surface area contributed by atoms with Gasteiger partial charge < -0.3 is 5.11 Å². The molecule has 0 saturated heterocycles. The van der Waals surface area contributed by atoms with Gasteiger partial charge in [0.25, 0.3) is 0 Å². The number of aryl methyl sites for hydroxylation is 1. The maximum Gasteiger partial charge on any atom is 0.307 e. The second-order valence-corrected chi connectivity index (χ2v) is 4.38. The summed E-state index contributed by atoms with van der Waals surface area (Å²) in [5.41, 5.74) is 2.24. The molecule has 1 saturated carbocycles. The van der Waals surface area contributed by atoms with E-state index in [4.69, 9.17) is 5.11 Å². The van der Waals surface area contributed by atoms with Gasteiger partial charge in [-0.05, 0) is 18.9 Å². The molecule has 0 bridgehead atoms. The zero-order chi connectivity index (χ0) is 10.3. The first-order valence-electron chi connectivity index (χ1n) is 4.84. The fourth-order valence-electron chi connectivity index (χ4n) is 1.98. The first-order chi connectivity index (χ1) is 6.54. The third-order valence-electron chi connectivity index (χ3n) is 3.25. The SMILES string of the molecule is Cc1ccc(C2(C)CC2C(=O)O)cc1. The third-order valence-corrected chi connectivity index (χ3v) is 3.25. The van der Waals surface area contributed by atoms with E-state index in [0.717, 1.165) is 12.0 Å². The Kier molecular flexibility index (Phi) is 1.88. The normalized spacial score (nSPS) is 30.0. The number of hydrogen-bond acceptors (Lipinski definition) is 1. The summed E-state index contributed by atoms with van der Waals surface area (Å²) in [6, 6.07) is 8.16. The molecule has 1 aromatic carbocycles. The van der Waals surface area contributed by atoms with Crippen LogP contribution in [0.4, 0.5) is 0 Å². The average molecular weight is 190 g/mol. The van der Waals surface area contributed by atoms with Crippen LogP contribution in [0.1, 0.15) is 24.5 Å². The highest BCUT2D eigenvalue weighted by molar-refractivity contribution is 5.77. The van der Waals surface area contributed by atoms with Crippen LogP contribution in [0, 0.1) is 12.8 Å². The molecule has 14 heavy (non-hydrogen) atoms. The molecule has 2 rings (SSSR count). The molecule has 1 N–H and O–H groups in total. The van der Waals surface area contributed by atoms with Gasteiger partial charge in [0.15, 0.2) is 0 Å². The molecule has 2 nitrogen and oxygen atoms in total. The largest absolute Gasteiger partial charge is 0.481 e. The van der Waals surface area contributed by atoms with E-state index in [1.807, 2.05) is 38.1 Å². The molecule has 2 heteroatoms. The predicted molar refractivity (Wildman–Crippen MR) is 54.3 cm³/mol. The van der Waals surface area contributed by atoms with Crippen LogP contribution in [0.25, 0.3) is 0 Å². The van der Waals surface area contributed by atoms with Crippen molar-refractivity contribution < 1.29 is 9.90 Å². The summed E-state index contributed by atoms with van der Waals surface area (Å²) in [4.78, 5) is 10.8. The standard InChI is InChI=1S/C12H14O2/c1-8-3-5-9(6-4-8)12(2)7-10(12)11(13)14/h3-6,10H,7H2,1-2H3,(H,13,14). The minimum absolute atomic E-state index is 0.125. The van der Waals surface area contributed by atoms with Gasteiger partial charge in [-0.15, -0.1) is 0 Å². The van der Waals surface area contributed by atoms with Gasteiger partial charge >= 0.3 is 5.97 Å². The molecule has 1 fully saturated rings. The summed E-state index contributed by atoms with van der Waals surface area (Å²) in [6.45, 7) is 4.06. The highest BCUT2D eigenvalue weighted by Gasteiger charge is 2.55. The molecular formula is C12H14O2. The van der Waals surface area contributed by atoms with Gasteiger partial charge in [-0.1, -0.05) is 36.8 Å². The van der Waals surface area contributed by atoms with Crippen LogP contribution in [0.5, 0.6) is 0 Å². The monoisotopic (exact) mass is 190 g/mol. The van der Waals surface area contributed by atoms with Crippen molar-refractivity contribution in [1.82, 2.24) is 0 Å². The van der Waals surface area contributed by atoms with Crippen LogP contribution in [0.3, 0.4) is 0 Å². The van der Waals surface area contributed by atoms with Crippen LogP contribution in [0.2, 0.25) is 0 Å². The number of rotatable bonds is 2. The van der Waals surface area contributed by atoms with E-state index in [1.54, 1.807) is 0 Å². The van der Waals surface area contributed by atoms with E-state index in [-0.39, 0.29) is 11.3 Å². The van der Waals surface area contributed by atoms with Gasteiger partial charge in [-0.3, -0.25) is 4.79 Å². The Balaban J connectivity index is 2.25. The van der Waals surface area contributed by atoms with E-state index < -0.39 is 5.97 Å². The Hall–Kier alpha value is -1.31. The van der Waals surface area contributed by atoms with Gasteiger partial charge in [0, 0.05) is 5.41 Å². The van der Waals surface area contributed by atoms with Gasteiger partial charge in [-0.25, -0.2) is 0 Å². The lowest BCUT2D eigenvalue weighted by Gasteiger charge is -2.10. The summed E-state index contributed by atoms with van der Waals surface area (Å²) < 4.78 is 0. The Morgan fingerprint density at radius 3 is 2.43 bits per heavy atom. The van der Waals surface area contributed by atoms with E-state index in [2.05, 4.69) is 0 Å². The highest BCUT2D eigenvalue weighted by atomic mass is 16.4. The zero-order valence-corrected chi connectivity index (χ0v) is 8.45. The van der Waals surface area contributed by atoms with Crippen LogP contribution < -0.4 is 0 Å². The lowest BCUT2D eigenvalue weighted by atomic mass is 9.95. The van der Waals surface area contributed by atoms with Crippen molar-refractivity contribution in [3.63, 3.8) is 0 Å². The molecule has 2 atom stereocenters. The van der Waals surface area contributed by atoms with Crippen LogP contribution in [0.15, 0.2) is 24.3 Å². The van der Waals surface area contributed by atoms with Crippen LogP contribution >= 0.6 is 0 Å². The molecule has 1 aliphatic carbocycles. The topological polar surface area (TPSA) is 37.3 Å². The fraction of sp³-hybridized carbons (Fsp3) is 0.417. The number of benzene rings is 1. The molecule has 0 radical (unpaired) electrons. The van der Waals surface area contributed by atoms with Crippen molar-refractivity contribution in [1.29, 1.82) is 0 Å². The maximum atomic E-state index is 10.8. The van der Waals surface area contributed by atoms with Gasteiger partial charge in [0.1, 0.15) is 0 Å². The van der Waals surface area contributed by atoms with E-state index in [1.165, 1.54) is 5.56 Å². The highest BCUT2D eigenvalue weighted by Crippen LogP contribution is 2.53. The minimum Gasteiger partial charge on any atom is -0.481 e. The van der Waals surface area contributed by atoms with Crippen molar-refractivity contribution in [3.8, 4) is 0 Å². The predicted octanol–water partition coefficient (Wildman–Crippen LogP) is 2.36. The van der Waals surface area contributed by atoms with E-state index >= 15 is 0 Å². The van der Waals surface area contributed by atoms with Gasteiger partial charge in [0.2, 0.25) is 0 Å². The maximum absolute atomic E-state index is 10.8. The van der Waals surface area contributed by atoms with Crippen LogP contribution in [-0.2, 0) is 10.2 Å². The third kappa shape index (κ3) is 1.31. The molecule has 1 aliphatic rings. The van der Waals surface area contributed by atoms with Gasteiger partial charge in [0.05, 0.1) is 5.92 Å². The van der Waals surface area contributed by atoms with Crippen molar-refractivity contribution in [2.75, 3.05) is 0 Å². The molecule has 1 aromatic rings. The van der Waals surface area contributed by atoms with E-state index in [0.29, 0.717) is 0 Å². The number of carbonyl (C=O) groups is 1. The summed E-state index contributed by atoms with van der Waals surface area (Å²) in [6.07, 6.45) is 0.769. The summed E-state index contributed by atoms with van der Waals surface area (Å²) in [5.74, 6) is -0.863. The smallest absolute Gasteiger partial charge is 0.307 e. The number of carboxylic acids is 1.